The average Bonchev–Trinajstić information content (AvgIpc) is 3.18. The van der Waals surface area contributed by atoms with Gasteiger partial charge in [-0.15, -0.1) is 0 Å². The minimum absolute atomic E-state index is 0.196. The number of hydrogen-bond acceptors (Lipinski definition) is 5. The quantitative estimate of drug-likeness (QED) is 0.563. The largest absolute Gasteiger partial charge is 0.494 e. The number of halogens is 1. The molecule has 3 N–H and O–H groups in total. The van der Waals surface area contributed by atoms with E-state index in [1.165, 1.54) is 0 Å². The van der Waals surface area contributed by atoms with Crippen molar-refractivity contribution in [1.29, 1.82) is 0 Å². The summed E-state index contributed by atoms with van der Waals surface area (Å²) in [6.45, 7) is 2.69. The molecule has 0 amide bonds. The van der Waals surface area contributed by atoms with Crippen LogP contribution in [0.3, 0.4) is 0 Å². The molecule has 0 spiro atoms. The van der Waals surface area contributed by atoms with Crippen LogP contribution in [0, 0.1) is 0 Å². The number of hydrogen-bond donors (Lipinski definition) is 2. The Bertz CT molecular complexity index is 1070. The minimum Gasteiger partial charge on any atom is -0.494 e. The molecule has 31 heavy (non-hydrogen) atoms. The van der Waals surface area contributed by atoms with Gasteiger partial charge in [0.15, 0.2) is 5.54 Å². The van der Waals surface area contributed by atoms with E-state index in [2.05, 4.69) is 18.2 Å². The van der Waals surface area contributed by atoms with Crippen LogP contribution < -0.4 is 10.5 Å². The van der Waals surface area contributed by atoms with Gasteiger partial charge in [0.1, 0.15) is 12.4 Å². The number of aliphatic imine (C=N–C) groups is 1. The third-order valence-corrected chi connectivity index (χ3v) is 5.11. The molecule has 1 aliphatic heterocycles. The summed E-state index contributed by atoms with van der Waals surface area (Å²) in [5.41, 5.74) is 9.34. The first kappa shape index (κ1) is 22.2. The van der Waals surface area contributed by atoms with Crippen molar-refractivity contribution in [2.45, 2.75) is 12.5 Å². The zero-order valence-electron chi connectivity index (χ0n) is 17.0. The molecule has 3 aromatic carbocycles. The Kier molecular flexibility index (Phi) is 7.15. The third kappa shape index (κ3) is 4.98. The number of amidine groups is 1. The van der Waals surface area contributed by atoms with Crippen molar-refractivity contribution in [3.63, 3.8) is 0 Å². The second kappa shape index (κ2) is 10.00. The summed E-state index contributed by atoms with van der Waals surface area (Å²) in [5.74, 6) is 0.824. The Morgan fingerprint density at radius 1 is 1.10 bits per heavy atom. The normalized spacial score (nSPS) is 17.0. The maximum Gasteiger partial charge on any atom is 0.290 e. The molecule has 0 saturated heterocycles. The van der Waals surface area contributed by atoms with E-state index >= 15 is 0 Å². The first-order valence-corrected chi connectivity index (χ1v) is 10.1. The number of rotatable bonds is 5. The van der Waals surface area contributed by atoms with Gasteiger partial charge in [0.05, 0.1) is 6.61 Å². The lowest BCUT2D eigenvalue weighted by Gasteiger charge is -2.26. The van der Waals surface area contributed by atoms with Gasteiger partial charge in [-0.2, -0.15) is 0 Å². The Hall–Kier alpha value is -3.51. The summed E-state index contributed by atoms with van der Waals surface area (Å²) < 4.78 is 11.2. The molecule has 4 rings (SSSR count). The topological polar surface area (TPSA) is 94.1 Å². The van der Waals surface area contributed by atoms with Crippen molar-refractivity contribution in [3.8, 4) is 16.9 Å². The average molecular weight is 439 g/mol. The second-order valence-corrected chi connectivity index (χ2v) is 7.19. The highest BCUT2D eigenvalue weighted by molar-refractivity contribution is 6.30. The highest BCUT2D eigenvalue weighted by Crippen LogP contribution is 2.39. The fourth-order valence-electron chi connectivity index (χ4n) is 3.51. The van der Waals surface area contributed by atoms with Crippen LogP contribution in [0.15, 0.2) is 77.8 Å². The van der Waals surface area contributed by atoms with Crippen LogP contribution in [0.25, 0.3) is 11.1 Å². The van der Waals surface area contributed by atoms with Crippen LogP contribution in [0.4, 0.5) is 0 Å². The van der Waals surface area contributed by atoms with E-state index in [1.54, 1.807) is 0 Å². The van der Waals surface area contributed by atoms with Gasteiger partial charge in [0, 0.05) is 5.02 Å². The van der Waals surface area contributed by atoms with E-state index in [9.17, 15) is 0 Å². The van der Waals surface area contributed by atoms with Crippen molar-refractivity contribution in [3.05, 3.63) is 88.9 Å². The van der Waals surface area contributed by atoms with E-state index in [1.807, 2.05) is 61.5 Å². The molecule has 6 nitrogen and oxygen atoms in total. The molecule has 7 heteroatoms. The van der Waals surface area contributed by atoms with E-state index < -0.39 is 5.54 Å². The zero-order valence-corrected chi connectivity index (χ0v) is 17.8. The van der Waals surface area contributed by atoms with E-state index in [0.717, 1.165) is 28.0 Å². The van der Waals surface area contributed by atoms with Crippen LogP contribution >= 0.6 is 11.6 Å². The molecular weight excluding hydrogens is 416 g/mol. The number of benzene rings is 3. The maximum atomic E-state index is 8.36. The Morgan fingerprint density at radius 2 is 1.74 bits per heavy atom. The van der Waals surface area contributed by atoms with Crippen molar-refractivity contribution < 1.29 is 19.4 Å². The van der Waals surface area contributed by atoms with E-state index in [0.29, 0.717) is 18.2 Å². The standard InChI is InChI=1S/C23H21ClN2O2.CH2O2/c1-2-27-21-11-9-18(10-12-21)23(15-28-22(25)26-23)19-7-3-5-16(13-19)17-6-4-8-20(24)14-17;2-1-3/h3-14H,2,15H2,1H3,(H2,25,26);1H,(H,2,3). The summed E-state index contributed by atoms with van der Waals surface area (Å²) in [4.78, 5) is 13.1. The van der Waals surface area contributed by atoms with Crippen LogP contribution in [-0.4, -0.2) is 30.8 Å². The summed E-state index contributed by atoms with van der Waals surface area (Å²) in [6, 6.07) is 24.2. The predicted molar refractivity (Wildman–Crippen MR) is 122 cm³/mol. The minimum atomic E-state index is -0.691. The molecule has 0 aromatic heterocycles. The van der Waals surface area contributed by atoms with Gasteiger partial charge in [-0.1, -0.05) is 54.1 Å². The van der Waals surface area contributed by atoms with Crippen LogP contribution in [0.2, 0.25) is 5.02 Å². The number of carboxylic acid groups (broad SMARTS) is 1. The van der Waals surface area contributed by atoms with Gasteiger partial charge >= 0.3 is 0 Å². The molecule has 0 aliphatic carbocycles. The van der Waals surface area contributed by atoms with Crippen LogP contribution in [-0.2, 0) is 15.1 Å². The van der Waals surface area contributed by atoms with Crippen LogP contribution in [0.1, 0.15) is 18.1 Å². The monoisotopic (exact) mass is 438 g/mol. The summed E-state index contributed by atoms with van der Waals surface area (Å²) in [6.07, 6.45) is 0. The molecule has 1 heterocycles. The summed E-state index contributed by atoms with van der Waals surface area (Å²) in [7, 11) is 0. The molecule has 1 unspecified atom stereocenters. The van der Waals surface area contributed by atoms with Gasteiger partial charge in [-0.3, -0.25) is 4.79 Å². The summed E-state index contributed by atoms with van der Waals surface area (Å²) >= 11 is 6.17. The van der Waals surface area contributed by atoms with Gasteiger partial charge < -0.3 is 20.3 Å². The summed E-state index contributed by atoms with van der Waals surface area (Å²) in [5, 5.41) is 7.59. The molecular formula is C24H23ClN2O4. The first-order valence-electron chi connectivity index (χ1n) is 9.68. The highest BCUT2D eigenvalue weighted by atomic mass is 35.5. The lowest BCUT2D eigenvalue weighted by molar-refractivity contribution is -0.122. The van der Waals surface area contributed by atoms with E-state index in [-0.39, 0.29) is 12.5 Å². The van der Waals surface area contributed by atoms with Crippen molar-refractivity contribution in [2.75, 3.05) is 13.2 Å². The number of nitrogens with two attached hydrogens (primary N) is 1. The highest BCUT2D eigenvalue weighted by Gasteiger charge is 2.40. The van der Waals surface area contributed by atoms with Crippen molar-refractivity contribution in [2.24, 2.45) is 10.7 Å². The van der Waals surface area contributed by atoms with E-state index in [4.69, 9.17) is 41.7 Å². The Morgan fingerprint density at radius 3 is 2.32 bits per heavy atom. The SMILES string of the molecule is CCOc1ccc(C2(c3cccc(-c4cccc(Cl)c4)c3)COC(N)=N2)cc1.O=CO. The molecule has 1 atom stereocenters. The fraction of sp³-hybridized carbons (Fsp3) is 0.167. The lowest BCUT2D eigenvalue weighted by atomic mass is 9.83. The molecule has 0 fully saturated rings. The smallest absolute Gasteiger partial charge is 0.290 e. The molecule has 0 radical (unpaired) electrons. The van der Waals surface area contributed by atoms with Crippen LogP contribution in [0.5, 0.6) is 5.75 Å². The van der Waals surface area contributed by atoms with Gasteiger partial charge in [0.25, 0.3) is 12.5 Å². The number of nitrogens with zero attached hydrogens (tertiary/aromatic N) is 1. The second-order valence-electron chi connectivity index (χ2n) is 6.75. The zero-order chi connectivity index (χ0) is 22.3. The molecule has 1 aliphatic rings. The van der Waals surface area contributed by atoms with Gasteiger partial charge in [-0.25, -0.2) is 4.99 Å². The lowest BCUT2D eigenvalue weighted by Crippen LogP contribution is -2.27. The third-order valence-electron chi connectivity index (χ3n) is 4.87. The predicted octanol–water partition coefficient (Wildman–Crippen LogP) is 4.70. The first-order chi connectivity index (χ1) is 15.0. The maximum absolute atomic E-state index is 8.36. The van der Waals surface area contributed by atoms with Gasteiger partial charge in [-0.05, 0) is 59.5 Å². The fourth-order valence-corrected chi connectivity index (χ4v) is 3.70. The Labute approximate surface area is 185 Å². The van der Waals surface area contributed by atoms with Crippen molar-refractivity contribution >= 4 is 24.1 Å². The molecule has 160 valence electrons. The number of carbonyl (C=O) groups is 1. The molecule has 0 bridgehead atoms. The van der Waals surface area contributed by atoms with Crippen molar-refractivity contribution in [1.82, 2.24) is 0 Å². The van der Waals surface area contributed by atoms with Gasteiger partial charge in [0.2, 0.25) is 0 Å². The molecule has 0 saturated carbocycles. The number of ether oxygens (including phenoxy) is 2. The molecule has 3 aromatic rings. The Balaban J connectivity index is 0.000000858.